The maximum atomic E-state index is 12.0. The van der Waals surface area contributed by atoms with Gasteiger partial charge in [-0.3, -0.25) is 9.59 Å². The number of carbonyl (C=O) groups is 2. The number of methoxy groups -OCH3 is 2. The highest BCUT2D eigenvalue weighted by Gasteiger charge is 2.11. The summed E-state index contributed by atoms with van der Waals surface area (Å²) in [5.41, 5.74) is 2.53. The van der Waals surface area contributed by atoms with E-state index >= 15 is 0 Å². The Hall–Kier alpha value is -3.02. The van der Waals surface area contributed by atoms with E-state index in [1.54, 1.807) is 19.2 Å². The van der Waals surface area contributed by atoms with Gasteiger partial charge in [-0.05, 0) is 48.7 Å². The van der Waals surface area contributed by atoms with Crippen molar-refractivity contribution in [2.75, 3.05) is 26.1 Å². The van der Waals surface area contributed by atoms with Crippen molar-refractivity contribution >= 4 is 17.6 Å². The Balaban J connectivity index is 1.77. The largest absolute Gasteiger partial charge is 0.497 e. The molecule has 0 heterocycles. The molecule has 0 unspecified atom stereocenters. The van der Waals surface area contributed by atoms with Crippen molar-refractivity contribution < 1.29 is 23.8 Å². The molecule has 2 rings (SSSR count). The van der Waals surface area contributed by atoms with Crippen LogP contribution in [0.5, 0.6) is 11.5 Å². The number of hydrogen-bond donors (Lipinski definition) is 1. The summed E-state index contributed by atoms with van der Waals surface area (Å²) in [5.74, 6) is 0.480. The number of anilines is 1. The third-order valence-corrected chi connectivity index (χ3v) is 3.77. The molecule has 0 aliphatic heterocycles. The van der Waals surface area contributed by atoms with Crippen LogP contribution in [0.1, 0.15) is 17.5 Å². The molecule has 0 saturated heterocycles. The molecule has 2 aromatic rings. The lowest BCUT2D eigenvalue weighted by Crippen LogP contribution is -2.21. The summed E-state index contributed by atoms with van der Waals surface area (Å²) in [7, 11) is 3.13. The number of hydrogen-bond acceptors (Lipinski definition) is 5. The van der Waals surface area contributed by atoms with E-state index in [4.69, 9.17) is 14.2 Å². The zero-order valence-corrected chi connectivity index (χ0v) is 15.2. The fourth-order valence-electron chi connectivity index (χ4n) is 2.36. The second kappa shape index (κ2) is 9.46. The van der Waals surface area contributed by atoms with Crippen LogP contribution >= 0.6 is 0 Å². The van der Waals surface area contributed by atoms with E-state index in [1.165, 1.54) is 7.11 Å². The molecule has 6 heteroatoms. The molecule has 0 aliphatic rings. The highest BCUT2D eigenvalue weighted by molar-refractivity contribution is 5.94. The number of esters is 1. The molecule has 0 spiro atoms. The molecule has 0 radical (unpaired) electrons. The minimum atomic E-state index is -0.424. The predicted octanol–water partition coefficient (Wildman–Crippen LogP) is 3.13. The lowest BCUT2D eigenvalue weighted by Gasteiger charge is -2.11. The van der Waals surface area contributed by atoms with Gasteiger partial charge in [-0.2, -0.15) is 0 Å². The van der Waals surface area contributed by atoms with Gasteiger partial charge < -0.3 is 19.5 Å². The van der Waals surface area contributed by atoms with Gasteiger partial charge in [0.2, 0.25) is 0 Å². The summed E-state index contributed by atoms with van der Waals surface area (Å²) in [6.07, 6.45) is 0.740. The van der Waals surface area contributed by atoms with Crippen LogP contribution in [0.25, 0.3) is 0 Å². The molecule has 1 amide bonds. The molecular weight excluding hydrogens is 334 g/mol. The monoisotopic (exact) mass is 357 g/mol. The molecule has 26 heavy (non-hydrogen) atoms. The number of amides is 1. The van der Waals surface area contributed by atoms with Gasteiger partial charge in [0.25, 0.3) is 5.91 Å². The Labute approximate surface area is 153 Å². The van der Waals surface area contributed by atoms with Crippen molar-refractivity contribution in [1.82, 2.24) is 0 Å². The van der Waals surface area contributed by atoms with E-state index in [9.17, 15) is 9.59 Å². The number of benzene rings is 2. The first-order valence-corrected chi connectivity index (χ1v) is 8.25. The highest BCUT2D eigenvalue weighted by Crippen LogP contribution is 2.25. The third kappa shape index (κ3) is 5.81. The van der Waals surface area contributed by atoms with Crippen LogP contribution in [0.4, 0.5) is 5.69 Å². The average molecular weight is 357 g/mol. The smallest absolute Gasteiger partial charge is 0.306 e. The van der Waals surface area contributed by atoms with Gasteiger partial charge in [0.1, 0.15) is 11.5 Å². The third-order valence-electron chi connectivity index (χ3n) is 3.77. The Morgan fingerprint density at radius 1 is 1.00 bits per heavy atom. The normalized spacial score (nSPS) is 10.1. The zero-order chi connectivity index (χ0) is 18.9. The zero-order valence-electron chi connectivity index (χ0n) is 15.2. The van der Waals surface area contributed by atoms with Crippen LogP contribution < -0.4 is 14.8 Å². The first-order chi connectivity index (χ1) is 12.5. The van der Waals surface area contributed by atoms with E-state index in [-0.39, 0.29) is 13.0 Å². The van der Waals surface area contributed by atoms with Crippen LogP contribution in [0.15, 0.2) is 42.5 Å². The second-order valence-electron chi connectivity index (χ2n) is 5.76. The fraction of sp³-hybridized carbons (Fsp3) is 0.300. The molecule has 6 nitrogen and oxygen atoms in total. The van der Waals surface area contributed by atoms with E-state index in [1.807, 2.05) is 37.3 Å². The summed E-state index contributed by atoms with van der Waals surface area (Å²) >= 11 is 0. The number of nitrogens with one attached hydrogen (secondary N) is 1. The van der Waals surface area contributed by atoms with Crippen molar-refractivity contribution in [1.29, 1.82) is 0 Å². The molecule has 2 aromatic carbocycles. The number of carbonyl (C=O) groups excluding carboxylic acids is 2. The van der Waals surface area contributed by atoms with Crippen LogP contribution in [0.2, 0.25) is 0 Å². The molecule has 0 aliphatic carbocycles. The Kier molecular flexibility index (Phi) is 7.02. The molecule has 0 saturated carbocycles. The molecule has 0 fully saturated rings. The van der Waals surface area contributed by atoms with E-state index in [0.717, 1.165) is 16.9 Å². The summed E-state index contributed by atoms with van der Waals surface area (Å²) in [4.78, 5) is 23.8. The van der Waals surface area contributed by atoms with Crippen molar-refractivity contribution in [3.05, 3.63) is 53.6 Å². The van der Waals surface area contributed by atoms with Crippen LogP contribution in [0, 0.1) is 6.92 Å². The van der Waals surface area contributed by atoms with E-state index in [0.29, 0.717) is 17.9 Å². The first-order valence-electron chi connectivity index (χ1n) is 8.25. The first kappa shape index (κ1) is 19.3. The quantitative estimate of drug-likeness (QED) is 0.735. The van der Waals surface area contributed by atoms with E-state index in [2.05, 4.69) is 5.32 Å². The summed E-state index contributed by atoms with van der Waals surface area (Å²) < 4.78 is 15.3. The van der Waals surface area contributed by atoms with Gasteiger partial charge in [-0.25, -0.2) is 0 Å². The molecule has 1 N–H and O–H groups in total. The van der Waals surface area contributed by atoms with Gasteiger partial charge in [0.15, 0.2) is 6.61 Å². The fourth-order valence-corrected chi connectivity index (χ4v) is 2.36. The standard InChI is InChI=1S/C20H23NO5/c1-14-4-10-18(25-3)17(12-14)21-19(22)13-26-20(23)11-7-15-5-8-16(24-2)9-6-15/h4-6,8-10,12H,7,11,13H2,1-3H3,(H,21,22). The Morgan fingerprint density at radius 3 is 2.38 bits per heavy atom. The van der Waals surface area contributed by atoms with Crippen molar-refractivity contribution in [3.63, 3.8) is 0 Å². The second-order valence-corrected chi connectivity index (χ2v) is 5.76. The maximum absolute atomic E-state index is 12.0. The molecule has 0 aromatic heterocycles. The highest BCUT2D eigenvalue weighted by atomic mass is 16.5. The molecule has 0 atom stereocenters. The minimum absolute atomic E-state index is 0.202. The number of ether oxygens (including phenoxy) is 3. The van der Waals surface area contributed by atoms with Crippen molar-refractivity contribution in [3.8, 4) is 11.5 Å². The van der Waals surface area contributed by atoms with Gasteiger partial charge in [-0.1, -0.05) is 18.2 Å². The molecular formula is C20H23NO5. The van der Waals surface area contributed by atoms with Gasteiger partial charge in [0, 0.05) is 6.42 Å². The van der Waals surface area contributed by atoms with Crippen molar-refractivity contribution in [2.24, 2.45) is 0 Å². The summed E-state index contributed by atoms with van der Waals surface area (Å²) in [6, 6.07) is 12.9. The van der Waals surface area contributed by atoms with Gasteiger partial charge in [-0.15, -0.1) is 0 Å². The summed E-state index contributed by atoms with van der Waals surface area (Å²) in [5, 5.41) is 2.69. The molecule has 0 bridgehead atoms. The minimum Gasteiger partial charge on any atom is -0.497 e. The van der Waals surface area contributed by atoms with Crippen molar-refractivity contribution in [2.45, 2.75) is 19.8 Å². The number of rotatable bonds is 8. The molecule has 138 valence electrons. The number of aryl methyl sites for hydroxylation is 2. The van der Waals surface area contributed by atoms with Gasteiger partial charge in [0.05, 0.1) is 19.9 Å². The van der Waals surface area contributed by atoms with E-state index < -0.39 is 11.9 Å². The topological polar surface area (TPSA) is 73.9 Å². The lowest BCUT2D eigenvalue weighted by atomic mass is 10.1. The van der Waals surface area contributed by atoms with Gasteiger partial charge >= 0.3 is 5.97 Å². The van der Waals surface area contributed by atoms with Crippen LogP contribution in [-0.2, 0) is 20.7 Å². The van der Waals surface area contributed by atoms with Crippen LogP contribution in [0.3, 0.4) is 0 Å². The van der Waals surface area contributed by atoms with Crippen LogP contribution in [-0.4, -0.2) is 32.7 Å². The predicted molar refractivity (Wildman–Crippen MR) is 98.6 cm³/mol. The Morgan fingerprint density at radius 2 is 1.73 bits per heavy atom. The SMILES string of the molecule is COc1ccc(CCC(=O)OCC(=O)Nc2cc(C)ccc2OC)cc1. The summed E-state index contributed by atoms with van der Waals surface area (Å²) in [6.45, 7) is 1.58. The Bertz CT molecular complexity index is 755. The lowest BCUT2D eigenvalue weighted by molar-refractivity contribution is -0.147. The average Bonchev–Trinajstić information content (AvgIpc) is 2.65. The maximum Gasteiger partial charge on any atom is 0.306 e.